The Bertz CT molecular complexity index is 375. The van der Waals surface area contributed by atoms with Crippen LogP contribution in [-0.4, -0.2) is 11.1 Å². The highest BCUT2D eigenvalue weighted by molar-refractivity contribution is 5.69. The molecule has 138 valence electrons. The maximum atomic E-state index is 10.8. The third-order valence-electron chi connectivity index (χ3n) is 7.52. The summed E-state index contributed by atoms with van der Waals surface area (Å²) in [5, 5.41) is 8.87. The molecule has 4 aliphatic carbocycles. The zero-order chi connectivity index (χ0) is 16.9. The van der Waals surface area contributed by atoms with E-state index in [4.69, 9.17) is 5.11 Å². The van der Waals surface area contributed by atoms with Gasteiger partial charge >= 0.3 is 5.97 Å². The quantitative estimate of drug-likeness (QED) is 0.451. The lowest BCUT2D eigenvalue weighted by atomic mass is 9.51. The predicted molar refractivity (Wildman–Crippen MR) is 98.9 cm³/mol. The van der Waals surface area contributed by atoms with E-state index in [2.05, 4.69) is 0 Å². The van der Waals surface area contributed by atoms with Crippen LogP contribution in [0.3, 0.4) is 0 Å². The average molecular weight is 335 g/mol. The topological polar surface area (TPSA) is 37.3 Å². The maximum Gasteiger partial charge on any atom is 0.306 e. The number of hydrogen-bond donors (Lipinski definition) is 1. The Morgan fingerprint density at radius 1 is 0.833 bits per heavy atom. The van der Waals surface area contributed by atoms with E-state index < -0.39 is 5.97 Å². The number of hydrogen-bond acceptors (Lipinski definition) is 1. The minimum Gasteiger partial charge on any atom is -0.481 e. The van der Waals surface area contributed by atoms with Crippen LogP contribution in [0.5, 0.6) is 0 Å². The van der Waals surface area contributed by atoms with Crippen LogP contribution in [0.2, 0.25) is 0 Å². The first-order valence-corrected chi connectivity index (χ1v) is 10.9. The molecule has 4 fully saturated rings. The Kier molecular flexibility index (Phi) is 6.63. The highest BCUT2D eigenvalue weighted by Crippen LogP contribution is 2.57. The standard InChI is InChI=1S/C22H38O2/c1-16(22(23)24)9-7-5-3-2-4-6-8-10-21-19-12-17-11-18(14-19)15-20(21)13-17/h16-21H,2-15H2,1H3,(H,23,24). The van der Waals surface area contributed by atoms with Crippen LogP contribution in [0.15, 0.2) is 0 Å². The van der Waals surface area contributed by atoms with E-state index in [1.807, 2.05) is 6.92 Å². The summed E-state index contributed by atoms with van der Waals surface area (Å²) in [4.78, 5) is 10.8. The zero-order valence-electron chi connectivity index (χ0n) is 15.7. The molecule has 4 aliphatic rings. The summed E-state index contributed by atoms with van der Waals surface area (Å²) in [6.07, 6.45) is 19.5. The summed E-state index contributed by atoms with van der Waals surface area (Å²) in [5.41, 5.74) is 0. The van der Waals surface area contributed by atoms with Crippen molar-refractivity contribution in [2.24, 2.45) is 35.5 Å². The van der Waals surface area contributed by atoms with Crippen LogP contribution >= 0.6 is 0 Å². The molecule has 2 heteroatoms. The van der Waals surface area contributed by atoms with Crippen molar-refractivity contribution in [1.82, 2.24) is 0 Å². The minimum absolute atomic E-state index is 0.161. The van der Waals surface area contributed by atoms with Gasteiger partial charge in [-0.05, 0) is 74.5 Å². The summed E-state index contributed by atoms with van der Waals surface area (Å²) < 4.78 is 0. The Hall–Kier alpha value is -0.530. The van der Waals surface area contributed by atoms with Crippen molar-refractivity contribution in [1.29, 1.82) is 0 Å². The molecule has 1 unspecified atom stereocenters. The van der Waals surface area contributed by atoms with Gasteiger partial charge < -0.3 is 5.11 Å². The van der Waals surface area contributed by atoms with Gasteiger partial charge in [0.05, 0.1) is 5.92 Å². The molecule has 4 saturated carbocycles. The molecule has 2 nitrogen and oxygen atoms in total. The van der Waals surface area contributed by atoms with Gasteiger partial charge in [-0.25, -0.2) is 0 Å². The summed E-state index contributed by atoms with van der Waals surface area (Å²) in [6, 6.07) is 0. The van der Waals surface area contributed by atoms with Gasteiger partial charge in [-0.15, -0.1) is 0 Å². The summed E-state index contributed by atoms with van der Waals surface area (Å²) in [6.45, 7) is 1.83. The van der Waals surface area contributed by atoms with Crippen LogP contribution < -0.4 is 0 Å². The van der Waals surface area contributed by atoms with Gasteiger partial charge in [0, 0.05) is 0 Å². The lowest BCUT2D eigenvalue weighted by Crippen LogP contribution is -2.44. The van der Waals surface area contributed by atoms with E-state index >= 15 is 0 Å². The van der Waals surface area contributed by atoms with E-state index in [1.54, 1.807) is 32.1 Å². The van der Waals surface area contributed by atoms with Crippen molar-refractivity contribution in [2.75, 3.05) is 0 Å². The van der Waals surface area contributed by atoms with Gasteiger partial charge in [0.15, 0.2) is 0 Å². The second-order valence-electron chi connectivity index (χ2n) is 9.39. The van der Waals surface area contributed by atoms with Crippen molar-refractivity contribution < 1.29 is 9.90 Å². The second kappa shape index (κ2) is 8.72. The second-order valence-corrected chi connectivity index (χ2v) is 9.39. The summed E-state index contributed by atoms with van der Waals surface area (Å²) in [7, 11) is 0. The molecule has 0 aromatic heterocycles. The van der Waals surface area contributed by atoms with Gasteiger partial charge in [-0.3, -0.25) is 4.79 Å². The van der Waals surface area contributed by atoms with Crippen molar-refractivity contribution in [2.45, 2.75) is 96.8 Å². The number of carbonyl (C=O) groups is 1. The fourth-order valence-corrected chi connectivity index (χ4v) is 6.35. The first-order valence-electron chi connectivity index (χ1n) is 10.9. The summed E-state index contributed by atoms with van der Waals surface area (Å²) in [5.74, 6) is 4.75. The number of carboxylic acid groups (broad SMARTS) is 1. The molecule has 0 saturated heterocycles. The van der Waals surface area contributed by atoms with Crippen molar-refractivity contribution >= 4 is 5.97 Å². The molecule has 4 bridgehead atoms. The minimum atomic E-state index is -0.639. The van der Waals surface area contributed by atoms with Crippen LogP contribution in [-0.2, 0) is 4.79 Å². The van der Waals surface area contributed by atoms with Crippen molar-refractivity contribution in [3.8, 4) is 0 Å². The van der Waals surface area contributed by atoms with Gasteiger partial charge in [0.2, 0.25) is 0 Å². The normalized spacial score (nSPS) is 35.3. The third-order valence-corrected chi connectivity index (χ3v) is 7.52. The Morgan fingerprint density at radius 2 is 1.33 bits per heavy atom. The lowest BCUT2D eigenvalue weighted by Gasteiger charge is -2.54. The van der Waals surface area contributed by atoms with Gasteiger partial charge in [0.25, 0.3) is 0 Å². The lowest BCUT2D eigenvalue weighted by molar-refractivity contribution is -0.141. The SMILES string of the molecule is CC(CCCCCCCCCC1C2CC3CC(C2)CC1C3)C(=O)O. The van der Waals surface area contributed by atoms with Gasteiger partial charge in [-0.1, -0.05) is 51.9 Å². The van der Waals surface area contributed by atoms with Crippen LogP contribution in [0, 0.1) is 35.5 Å². The third kappa shape index (κ3) is 4.76. The van der Waals surface area contributed by atoms with Crippen LogP contribution in [0.1, 0.15) is 96.8 Å². The molecule has 0 aromatic rings. The zero-order valence-corrected chi connectivity index (χ0v) is 15.7. The van der Waals surface area contributed by atoms with E-state index in [1.165, 1.54) is 44.9 Å². The summed E-state index contributed by atoms with van der Waals surface area (Å²) >= 11 is 0. The first-order chi connectivity index (χ1) is 11.6. The number of unbranched alkanes of at least 4 members (excludes halogenated alkanes) is 6. The van der Waals surface area contributed by atoms with E-state index in [0.29, 0.717) is 0 Å². The fraction of sp³-hybridized carbons (Fsp3) is 0.955. The first kappa shape index (κ1) is 18.3. The molecule has 0 spiro atoms. The fourth-order valence-electron chi connectivity index (χ4n) is 6.35. The van der Waals surface area contributed by atoms with E-state index in [9.17, 15) is 4.79 Å². The van der Waals surface area contributed by atoms with Crippen molar-refractivity contribution in [3.05, 3.63) is 0 Å². The maximum absolute atomic E-state index is 10.8. The smallest absolute Gasteiger partial charge is 0.306 e. The molecular formula is C22H38O2. The molecule has 0 heterocycles. The van der Waals surface area contributed by atoms with Gasteiger partial charge in [-0.2, -0.15) is 0 Å². The molecule has 0 aliphatic heterocycles. The average Bonchev–Trinajstić information content (AvgIpc) is 2.54. The molecule has 24 heavy (non-hydrogen) atoms. The molecular weight excluding hydrogens is 296 g/mol. The number of aliphatic carboxylic acids is 1. The Labute approximate surface area is 148 Å². The Balaban J connectivity index is 1.18. The highest BCUT2D eigenvalue weighted by atomic mass is 16.4. The van der Waals surface area contributed by atoms with Crippen molar-refractivity contribution in [3.63, 3.8) is 0 Å². The largest absolute Gasteiger partial charge is 0.481 e. The van der Waals surface area contributed by atoms with Gasteiger partial charge in [0.1, 0.15) is 0 Å². The van der Waals surface area contributed by atoms with Crippen LogP contribution in [0.25, 0.3) is 0 Å². The number of carboxylic acids is 1. The monoisotopic (exact) mass is 334 g/mol. The van der Waals surface area contributed by atoms with E-state index in [-0.39, 0.29) is 5.92 Å². The molecule has 1 N–H and O–H groups in total. The molecule has 4 rings (SSSR count). The molecule has 1 atom stereocenters. The number of rotatable bonds is 11. The molecule has 0 aromatic carbocycles. The van der Waals surface area contributed by atoms with Crippen LogP contribution in [0.4, 0.5) is 0 Å². The Morgan fingerprint density at radius 3 is 1.88 bits per heavy atom. The molecule has 0 radical (unpaired) electrons. The predicted octanol–water partition coefficient (Wildman–Crippen LogP) is 6.29. The molecule has 0 amide bonds. The highest BCUT2D eigenvalue weighted by Gasteiger charge is 2.47. The van der Waals surface area contributed by atoms with E-state index in [0.717, 1.165) is 42.4 Å².